The Balaban J connectivity index is 0.946. The zero-order valence-electron chi connectivity index (χ0n) is 40.4. The smallest absolute Gasteiger partial charge is 0.322 e. The van der Waals surface area contributed by atoms with E-state index in [9.17, 15) is 24.9 Å². The molecule has 0 radical (unpaired) electrons. The number of phenolic OH excluding ortho intramolecular Hbond substituents is 1. The van der Waals surface area contributed by atoms with Crippen LogP contribution in [0.4, 0.5) is 0 Å². The fourth-order valence-electron chi connectivity index (χ4n) is 14.4. The molecule has 0 aliphatic heterocycles. The Bertz CT molecular complexity index is 2220. The van der Waals surface area contributed by atoms with Crippen LogP contribution < -0.4 is 14.2 Å². The number of phenols is 1. The predicted octanol–water partition coefficient (Wildman–Crippen LogP) is 11.6. The number of fused-ring (bicyclic) bond motifs is 6. The fourth-order valence-corrected chi connectivity index (χ4v) is 14.4. The van der Waals surface area contributed by atoms with E-state index in [2.05, 4.69) is 54.5 Å². The van der Waals surface area contributed by atoms with Crippen LogP contribution in [0.3, 0.4) is 0 Å². The minimum atomic E-state index is -1.09. The summed E-state index contributed by atoms with van der Waals surface area (Å²) in [5.74, 6) is 1.43. The van der Waals surface area contributed by atoms with E-state index < -0.39 is 24.5 Å². The monoisotopic (exact) mass is 895 g/mol. The Labute approximate surface area is 387 Å². The van der Waals surface area contributed by atoms with Gasteiger partial charge in [-0.25, -0.2) is 0 Å². The van der Waals surface area contributed by atoms with Gasteiger partial charge in [0.05, 0.1) is 26.4 Å². The molecule has 2 aromatic carbocycles. The van der Waals surface area contributed by atoms with Crippen molar-refractivity contribution in [3.8, 4) is 23.0 Å². The molecule has 4 saturated carbocycles. The molecule has 5 aliphatic carbocycles. The van der Waals surface area contributed by atoms with Crippen molar-refractivity contribution < 1.29 is 48.6 Å². The number of carbonyl (C=O) groups is 2. The molecule has 0 bridgehead atoms. The van der Waals surface area contributed by atoms with E-state index in [1.54, 1.807) is 48.1 Å². The van der Waals surface area contributed by atoms with E-state index in [1.807, 2.05) is 7.11 Å². The highest BCUT2D eigenvalue weighted by atomic mass is 16.6. The molecule has 7 rings (SSSR count). The Morgan fingerprint density at radius 1 is 0.738 bits per heavy atom. The maximum atomic E-state index is 13.5. The van der Waals surface area contributed by atoms with Crippen LogP contribution in [-0.4, -0.2) is 66.9 Å². The van der Waals surface area contributed by atoms with Gasteiger partial charge in [0.25, 0.3) is 0 Å². The second-order valence-electron chi connectivity index (χ2n) is 21.9. The number of aliphatic hydroxyl groups is 2. The van der Waals surface area contributed by atoms with Crippen molar-refractivity contribution in [3.05, 3.63) is 83.2 Å². The lowest BCUT2D eigenvalue weighted by Gasteiger charge is -2.64. The van der Waals surface area contributed by atoms with Gasteiger partial charge in [0.15, 0.2) is 23.0 Å². The minimum Gasteiger partial charge on any atom is -0.508 e. The third-order valence-corrected chi connectivity index (χ3v) is 17.5. The van der Waals surface area contributed by atoms with Crippen LogP contribution in [0, 0.1) is 50.7 Å². The first-order valence-corrected chi connectivity index (χ1v) is 23.8. The van der Waals surface area contributed by atoms with Gasteiger partial charge in [0.2, 0.25) is 0 Å². The van der Waals surface area contributed by atoms with Crippen LogP contribution in [0.1, 0.15) is 130 Å². The summed E-state index contributed by atoms with van der Waals surface area (Å²) in [7, 11) is 4.81. The van der Waals surface area contributed by atoms with Gasteiger partial charge in [-0.3, -0.25) is 9.59 Å². The zero-order valence-corrected chi connectivity index (χ0v) is 40.4. The van der Waals surface area contributed by atoms with Crippen molar-refractivity contribution in [1.29, 1.82) is 0 Å². The number of aliphatic hydroxyl groups excluding tert-OH is 2. The van der Waals surface area contributed by atoms with E-state index in [0.29, 0.717) is 57.5 Å². The lowest BCUT2D eigenvalue weighted by molar-refractivity contribution is -0.178. The third kappa shape index (κ3) is 9.41. The third-order valence-electron chi connectivity index (χ3n) is 17.5. The fraction of sp³-hybridized carbons (Fsp3) is 0.600. The summed E-state index contributed by atoms with van der Waals surface area (Å²) in [5.41, 5.74) is 3.58. The van der Waals surface area contributed by atoms with Gasteiger partial charge in [0, 0.05) is 12.5 Å². The molecule has 10 nitrogen and oxygen atoms in total. The van der Waals surface area contributed by atoms with E-state index in [0.717, 1.165) is 25.7 Å². The number of rotatable bonds is 12. The topological polar surface area (TPSA) is 141 Å². The molecule has 1 unspecified atom stereocenters. The molecule has 354 valence electrons. The summed E-state index contributed by atoms with van der Waals surface area (Å²) in [6.07, 6.45) is 19.7. The largest absolute Gasteiger partial charge is 0.508 e. The van der Waals surface area contributed by atoms with Crippen LogP contribution in [-0.2, 0) is 19.1 Å². The predicted molar refractivity (Wildman–Crippen MR) is 253 cm³/mol. The molecule has 4 fully saturated rings. The molecule has 0 heterocycles. The minimum absolute atomic E-state index is 0.00990. The Morgan fingerprint density at radius 2 is 1.40 bits per heavy atom. The summed E-state index contributed by atoms with van der Waals surface area (Å²) in [5, 5.41) is 30.6. The van der Waals surface area contributed by atoms with Gasteiger partial charge >= 0.3 is 11.9 Å². The van der Waals surface area contributed by atoms with Gasteiger partial charge < -0.3 is 39.0 Å². The quantitative estimate of drug-likeness (QED) is 0.0471. The number of allylic oxidation sites excluding steroid dienone is 3. The summed E-state index contributed by atoms with van der Waals surface area (Å²) in [6.45, 7) is 17.2. The number of aromatic hydroxyl groups is 1. The summed E-state index contributed by atoms with van der Waals surface area (Å²) < 4.78 is 28.5. The van der Waals surface area contributed by atoms with E-state index in [4.69, 9.17) is 23.7 Å². The van der Waals surface area contributed by atoms with Gasteiger partial charge in [-0.2, -0.15) is 0 Å². The first-order chi connectivity index (χ1) is 30.7. The Hall–Kier alpha value is -4.54. The number of carbonyl (C=O) groups excluding carboxylic acids is 2. The molecule has 2 aromatic rings. The van der Waals surface area contributed by atoms with E-state index in [-0.39, 0.29) is 45.4 Å². The van der Waals surface area contributed by atoms with Crippen molar-refractivity contribution in [3.63, 3.8) is 0 Å². The molecule has 0 saturated heterocycles. The molecule has 0 amide bonds. The summed E-state index contributed by atoms with van der Waals surface area (Å²) >= 11 is 0. The molecule has 3 N–H and O–H groups in total. The molecular weight excluding hydrogens is 821 g/mol. The van der Waals surface area contributed by atoms with Crippen LogP contribution in [0.15, 0.2) is 72.0 Å². The van der Waals surface area contributed by atoms with Gasteiger partial charge in [0.1, 0.15) is 18.3 Å². The maximum absolute atomic E-state index is 13.5. The lowest BCUT2D eigenvalue weighted by atomic mass is 9.42. The average Bonchev–Trinajstić information content (AvgIpc) is 3.41. The maximum Gasteiger partial charge on any atom is 0.322 e. The molecule has 10 atom stereocenters. The van der Waals surface area contributed by atoms with Gasteiger partial charge in [-0.05, 0) is 157 Å². The number of hydrogen-bond acceptors (Lipinski definition) is 10. The van der Waals surface area contributed by atoms with Gasteiger partial charge in [-0.15, -0.1) is 0 Å². The summed E-state index contributed by atoms with van der Waals surface area (Å²) in [6, 6.07) is 9.67. The van der Waals surface area contributed by atoms with E-state index in [1.165, 1.54) is 77.0 Å². The number of benzene rings is 2. The SMILES string of the molecule is COc1cc(/C=C/C(O)/C=C(O)/C=C/c2ccc(OC(=O)CC(=O)O[C@@H]3CC[C@]4(C)[C@H]5CC[C@H]6[C@@](C)(CC[C@H]7C(C)(C)[C@H](OC)CC[C@@]76C)CC5=CC[C@H]4C3(C)C)c(OC)c2)ccc1O. The molecular formula is C55H74O10. The van der Waals surface area contributed by atoms with Crippen LogP contribution >= 0.6 is 0 Å². The molecule has 10 heteroatoms. The number of hydrogen-bond donors (Lipinski definition) is 3. The van der Waals surface area contributed by atoms with Crippen molar-refractivity contribution in [2.24, 2.45) is 50.7 Å². The summed E-state index contributed by atoms with van der Waals surface area (Å²) in [4.78, 5) is 26.6. The van der Waals surface area contributed by atoms with Crippen molar-refractivity contribution in [2.75, 3.05) is 21.3 Å². The van der Waals surface area contributed by atoms with Crippen molar-refractivity contribution in [2.45, 2.75) is 137 Å². The van der Waals surface area contributed by atoms with Crippen LogP contribution in [0.25, 0.3) is 12.2 Å². The molecule has 5 aliphatic rings. The Kier molecular flexibility index (Phi) is 13.9. The molecule has 0 spiro atoms. The normalized spacial score (nSPS) is 33.3. The standard InChI is InChI=1S/C55H74O10/c1-51(2)45-23-26-53(5)33-36-15-21-44-52(3,4)48(25-27-54(44,6)39(36)18-22-46(53)55(45,7)28-24-47(51)63-10)65-50(60)32-49(59)64-41-20-14-35(30-43(41)62-9)12-17-38(57)31-37(56)16-11-34-13-19-40(58)42(29-34)61-8/h11-17,19-20,29-31,37,39,44-48,56-58H,18,21-28,32-33H2,1-10H3/b16-11+,17-12+,38-31-/t37?,39-,44-,45-,46-,47+,48+,53-,54+,55-/m0/s1. The lowest BCUT2D eigenvalue weighted by Crippen LogP contribution is -2.58. The number of esters is 2. The average molecular weight is 895 g/mol. The Morgan fingerprint density at radius 3 is 2.12 bits per heavy atom. The van der Waals surface area contributed by atoms with Crippen molar-refractivity contribution >= 4 is 24.1 Å². The highest BCUT2D eigenvalue weighted by Gasteiger charge is 2.63. The zero-order chi connectivity index (χ0) is 47.1. The van der Waals surface area contributed by atoms with Crippen LogP contribution in [0.5, 0.6) is 23.0 Å². The van der Waals surface area contributed by atoms with E-state index >= 15 is 0 Å². The van der Waals surface area contributed by atoms with Gasteiger partial charge in [-0.1, -0.05) is 90.5 Å². The highest BCUT2D eigenvalue weighted by Crippen LogP contribution is 2.70. The first-order valence-electron chi connectivity index (χ1n) is 23.8. The highest BCUT2D eigenvalue weighted by molar-refractivity contribution is 5.92. The molecule has 0 aromatic heterocycles. The second-order valence-corrected chi connectivity index (χ2v) is 21.9. The first kappa shape index (κ1) is 48.4. The van der Waals surface area contributed by atoms with Crippen LogP contribution in [0.2, 0.25) is 0 Å². The number of methoxy groups -OCH3 is 3. The second kappa shape index (κ2) is 18.6. The number of ether oxygens (including phenoxy) is 5. The molecule has 65 heavy (non-hydrogen) atoms. The van der Waals surface area contributed by atoms with Crippen molar-refractivity contribution in [1.82, 2.24) is 0 Å².